The van der Waals surface area contributed by atoms with Crippen molar-refractivity contribution in [1.29, 1.82) is 0 Å². The Labute approximate surface area is 166 Å². The van der Waals surface area contributed by atoms with E-state index >= 15 is 0 Å². The summed E-state index contributed by atoms with van der Waals surface area (Å²) < 4.78 is 10.9. The van der Waals surface area contributed by atoms with Crippen molar-refractivity contribution in [3.05, 3.63) is 12.7 Å². The molecule has 1 rings (SSSR count). The second-order valence-electron chi connectivity index (χ2n) is 8.95. The van der Waals surface area contributed by atoms with Crippen LogP contribution in [0.2, 0.25) is 0 Å². The number of likely N-dealkylation sites (tertiary alicyclic amines) is 1. The van der Waals surface area contributed by atoms with Crippen LogP contribution in [0, 0.1) is 5.92 Å². The number of rotatable bonds is 4. The molecule has 158 valence electrons. The number of amides is 3. The number of nitrogens with zero attached hydrogens (tertiary/aromatic N) is 1. The Bertz CT molecular complexity index is 644. The van der Waals surface area contributed by atoms with E-state index in [-0.39, 0.29) is 18.8 Å². The number of carbonyl (C=O) groups is 4. The summed E-state index contributed by atoms with van der Waals surface area (Å²) in [5.74, 6) is -1.93. The minimum atomic E-state index is -0.910. The normalized spacial score (nSPS) is 22.4. The van der Waals surface area contributed by atoms with E-state index in [2.05, 4.69) is 11.9 Å². The monoisotopic (exact) mass is 396 g/mol. The maximum atomic E-state index is 12.9. The van der Waals surface area contributed by atoms with Crippen molar-refractivity contribution < 1.29 is 28.7 Å². The zero-order valence-electron chi connectivity index (χ0n) is 17.8. The fourth-order valence-electron chi connectivity index (χ4n) is 3.06. The van der Waals surface area contributed by atoms with E-state index < -0.39 is 47.2 Å². The predicted molar refractivity (Wildman–Crippen MR) is 103 cm³/mol. The van der Waals surface area contributed by atoms with Gasteiger partial charge < -0.3 is 9.47 Å². The molecule has 1 N–H and O–H groups in total. The van der Waals surface area contributed by atoms with Crippen molar-refractivity contribution in [2.45, 2.75) is 84.6 Å². The number of esters is 1. The van der Waals surface area contributed by atoms with Gasteiger partial charge in [-0.3, -0.25) is 19.8 Å². The number of carbonyl (C=O) groups excluding carboxylic acids is 4. The lowest BCUT2D eigenvalue weighted by Crippen LogP contribution is -2.50. The molecule has 0 aromatic carbocycles. The van der Waals surface area contributed by atoms with Crippen molar-refractivity contribution in [2.75, 3.05) is 0 Å². The lowest BCUT2D eigenvalue weighted by atomic mass is 9.96. The SMILES string of the molecule is C=C[C@@H]1C[C@H](C(=O)OC(C)(C)C)N(C(=O)OC(C)(C)C)[C@@H]1CC(=O)NC(C)=O. The molecule has 0 unspecified atom stereocenters. The molecule has 1 aliphatic heterocycles. The highest BCUT2D eigenvalue weighted by molar-refractivity contribution is 5.94. The maximum absolute atomic E-state index is 12.9. The second kappa shape index (κ2) is 8.75. The van der Waals surface area contributed by atoms with Gasteiger partial charge in [-0.2, -0.15) is 0 Å². The molecule has 8 heteroatoms. The standard InChI is InChI=1S/C20H32N2O6/c1-9-13-10-15(17(25)27-19(3,4)5)22(18(26)28-20(6,7)8)14(13)11-16(24)21-12(2)23/h9,13-15H,1,10-11H2,2-8H3,(H,21,23,24)/t13-,14-,15-/m1/s1. The first kappa shape index (κ1) is 23.7. The molecule has 28 heavy (non-hydrogen) atoms. The van der Waals surface area contributed by atoms with E-state index in [1.54, 1.807) is 47.6 Å². The van der Waals surface area contributed by atoms with E-state index in [0.717, 1.165) is 0 Å². The molecule has 0 saturated carbocycles. The number of nitrogens with one attached hydrogen (secondary N) is 1. The molecule has 0 spiro atoms. The van der Waals surface area contributed by atoms with Gasteiger partial charge in [-0.25, -0.2) is 9.59 Å². The summed E-state index contributed by atoms with van der Waals surface area (Å²) in [4.78, 5) is 50.2. The molecule has 8 nitrogen and oxygen atoms in total. The van der Waals surface area contributed by atoms with Gasteiger partial charge in [0.1, 0.15) is 17.2 Å². The van der Waals surface area contributed by atoms with Crippen molar-refractivity contribution in [2.24, 2.45) is 5.92 Å². The minimum absolute atomic E-state index is 0.158. The quantitative estimate of drug-likeness (QED) is 0.579. The van der Waals surface area contributed by atoms with Crippen LogP contribution in [0.3, 0.4) is 0 Å². The molecule has 3 amide bonds. The van der Waals surface area contributed by atoms with Crippen molar-refractivity contribution in [3.8, 4) is 0 Å². The summed E-state index contributed by atoms with van der Waals surface area (Å²) in [5, 5.41) is 2.20. The van der Waals surface area contributed by atoms with Gasteiger partial charge in [-0.05, 0) is 48.0 Å². The van der Waals surface area contributed by atoms with E-state index in [1.807, 2.05) is 0 Å². The molecule has 0 aromatic heterocycles. The maximum Gasteiger partial charge on any atom is 0.411 e. The molecule has 0 aromatic rings. The number of imide groups is 1. The predicted octanol–water partition coefficient (Wildman–Crippen LogP) is 2.56. The molecule has 3 atom stereocenters. The summed E-state index contributed by atoms with van der Waals surface area (Å²) in [6, 6.07) is -1.59. The van der Waals surface area contributed by atoms with Gasteiger partial charge in [0.15, 0.2) is 0 Å². The number of hydrogen-bond donors (Lipinski definition) is 1. The van der Waals surface area contributed by atoms with Crippen LogP contribution in [-0.2, 0) is 23.9 Å². The lowest BCUT2D eigenvalue weighted by Gasteiger charge is -2.33. The number of hydrogen-bond acceptors (Lipinski definition) is 6. The smallest absolute Gasteiger partial charge is 0.411 e. The van der Waals surface area contributed by atoms with Crippen LogP contribution in [0.1, 0.15) is 61.3 Å². The van der Waals surface area contributed by atoms with Crippen LogP contribution in [0.15, 0.2) is 12.7 Å². The molecule has 1 fully saturated rings. The van der Waals surface area contributed by atoms with Crippen LogP contribution >= 0.6 is 0 Å². The van der Waals surface area contributed by atoms with E-state index in [4.69, 9.17) is 9.47 Å². The molecule has 0 bridgehead atoms. The molecule has 1 heterocycles. The summed E-state index contributed by atoms with van der Waals surface area (Å²) in [7, 11) is 0. The Morgan fingerprint density at radius 2 is 1.61 bits per heavy atom. The van der Waals surface area contributed by atoms with Crippen LogP contribution in [-0.4, -0.2) is 52.1 Å². The van der Waals surface area contributed by atoms with Gasteiger partial charge in [0, 0.05) is 19.3 Å². The molecular formula is C20H32N2O6. The Morgan fingerprint density at radius 3 is 2.04 bits per heavy atom. The summed E-state index contributed by atoms with van der Waals surface area (Å²) in [6.45, 7) is 15.3. The van der Waals surface area contributed by atoms with Crippen LogP contribution in [0.4, 0.5) is 4.79 Å². The first-order valence-electron chi connectivity index (χ1n) is 9.31. The Kier molecular flexibility index (Phi) is 7.39. The average Bonchev–Trinajstić information content (AvgIpc) is 2.81. The van der Waals surface area contributed by atoms with Crippen molar-refractivity contribution in [3.63, 3.8) is 0 Å². The van der Waals surface area contributed by atoms with E-state index in [9.17, 15) is 19.2 Å². The van der Waals surface area contributed by atoms with Gasteiger partial charge in [0.2, 0.25) is 11.8 Å². The zero-order chi connectivity index (χ0) is 21.9. The zero-order valence-corrected chi connectivity index (χ0v) is 17.8. The molecule has 0 radical (unpaired) electrons. The van der Waals surface area contributed by atoms with E-state index in [0.29, 0.717) is 0 Å². The Hall–Kier alpha value is -2.38. The first-order valence-corrected chi connectivity index (χ1v) is 9.31. The summed E-state index contributed by atoms with van der Waals surface area (Å²) >= 11 is 0. The lowest BCUT2D eigenvalue weighted by molar-refractivity contribution is -0.160. The third kappa shape index (κ3) is 6.98. The average molecular weight is 396 g/mol. The molecule has 1 saturated heterocycles. The molecule has 1 aliphatic rings. The van der Waals surface area contributed by atoms with Crippen LogP contribution in [0.25, 0.3) is 0 Å². The third-order valence-electron chi connectivity index (χ3n) is 3.98. The third-order valence-corrected chi connectivity index (χ3v) is 3.98. The van der Waals surface area contributed by atoms with Gasteiger partial charge in [-0.1, -0.05) is 6.08 Å². The first-order chi connectivity index (χ1) is 12.6. The van der Waals surface area contributed by atoms with Crippen LogP contribution < -0.4 is 5.32 Å². The van der Waals surface area contributed by atoms with Crippen molar-refractivity contribution >= 4 is 23.9 Å². The Balaban J connectivity index is 3.22. The fourth-order valence-corrected chi connectivity index (χ4v) is 3.06. The van der Waals surface area contributed by atoms with Crippen LogP contribution in [0.5, 0.6) is 0 Å². The molecular weight excluding hydrogens is 364 g/mol. The minimum Gasteiger partial charge on any atom is -0.458 e. The van der Waals surface area contributed by atoms with Gasteiger partial charge in [0.05, 0.1) is 6.04 Å². The summed E-state index contributed by atoms with van der Waals surface area (Å²) in [5.41, 5.74) is -1.52. The van der Waals surface area contributed by atoms with Gasteiger partial charge in [0.25, 0.3) is 0 Å². The van der Waals surface area contributed by atoms with Gasteiger partial charge in [-0.15, -0.1) is 6.58 Å². The molecule has 0 aliphatic carbocycles. The Morgan fingerprint density at radius 1 is 1.07 bits per heavy atom. The summed E-state index contributed by atoms with van der Waals surface area (Å²) in [6.07, 6.45) is 0.992. The highest BCUT2D eigenvalue weighted by atomic mass is 16.6. The fraction of sp³-hybridized carbons (Fsp3) is 0.700. The van der Waals surface area contributed by atoms with Gasteiger partial charge >= 0.3 is 12.1 Å². The largest absolute Gasteiger partial charge is 0.458 e. The number of ether oxygens (including phenoxy) is 2. The highest BCUT2D eigenvalue weighted by Gasteiger charge is 2.49. The highest BCUT2D eigenvalue weighted by Crippen LogP contribution is 2.35. The van der Waals surface area contributed by atoms with E-state index in [1.165, 1.54) is 11.8 Å². The second-order valence-corrected chi connectivity index (χ2v) is 8.95. The van der Waals surface area contributed by atoms with Crippen molar-refractivity contribution in [1.82, 2.24) is 10.2 Å². The topological polar surface area (TPSA) is 102 Å².